The summed E-state index contributed by atoms with van der Waals surface area (Å²) in [7, 11) is 4.13. The van der Waals surface area contributed by atoms with Crippen molar-refractivity contribution in [3.63, 3.8) is 0 Å². The van der Waals surface area contributed by atoms with Crippen molar-refractivity contribution in [3.8, 4) is 11.6 Å². The van der Waals surface area contributed by atoms with Crippen LogP contribution in [0.15, 0.2) is 34.1 Å². The van der Waals surface area contributed by atoms with Gasteiger partial charge >= 0.3 is 0 Å². The molecule has 0 fully saturated rings. The van der Waals surface area contributed by atoms with Crippen molar-refractivity contribution in [2.24, 2.45) is 4.99 Å². The Hall–Kier alpha value is -1.96. The quantitative estimate of drug-likeness (QED) is 0.408. The average Bonchev–Trinajstić information content (AvgIpc) is 2.51. The number of hydrogen-bond donors (Lipinski definition) is 3. The fraction of sp³-hybridized carbons (Fsp3) is 0.312. The Bertz CT molecular complexity index is 841. The molecule has 0 atom stereocenters. The third-order valence-corrected chi connectivity index (χ3v) is 3.93. The lowest BCUT2D eigenvalue weighted by atomic mass is 10.3. The van der Waals surface area contributed by atoms with E-state index in [1.165, 1.54) is 15.7 Å². The molecule has 0 bridgehead atoms. The maximum absolute atomic E-state index is 12.1. The monoisotopic (exact) mass is 367 g/mol. The number of halogens is 1. The van der Waals surface area contributed by atoms with E-state index in [-0.39, 0.29) is 16.2 Å². The molecule has 1 heterocycles. The number of rotatable bonds is 6. The van der Waals surface area contributed by atoms with Gasteiger partial charge in [0.15, 0.2) is 4.77 Å². The van der Waals surface area contributed by atoms with Crippen molar-refractivity contribution in [2.75, 3.05) is 27.2 Å². The Kier molecular flexibility index (Phi) is 6.30. The molecule has 24 heavy (non-hydrogen) atoms. The lowest BCUT2D eigenvalue weighted by Crippen LogP contribution is -3.05. The zero-order chi connectivity index (χ0) is 17.7. The van der Waals surface area contributed by atoms with E-state index in [0.717, 1.165) is 13.0 Å². The molecular weight excluding hydrogens is 348 g/mol. The van der Waals surface area contributed by atoms with Crippen molar-refractivity contribution >= 4 is 30.0 Å². The van der Waals surface area contributed by atoms with Crippen LogP contribution in [0.25, 0.3) is 5.69 Å². The Morgan fingerprint density at radius 3 is 2.67 bits per heavy atom. The third kappa shape index (κ3) is 4.53. The highest BCUT2D eigenvalue weighted by atomic mass is 35.5. The average molecular weight is 368 g/mol. The van der Waals surface area contributed by atoms with Crippen LogP contribution in [-0.2, 0) is 0 Å². The molecule has 1 aromatic heterocycles. The largest absolute Gasteiger partial charge is 0.494 e. The first-order valence-corrected chi connectivity index (χ1v) is 8.32. The van der Waals surface area contributed by atoms with E-state index in [0.29, 0.717) is 17.3 Å². The van der Waals surface area contributed by atoms with E-state index >= 15 is 0 Å². The van der Waals surface area contributed by atoms with Crippen LogP contribution in [-0.4, -0.2) is 48.1 Å². The van der Waals surface area contributed by atoms with E-state index in [4.69, 9.17) is 23.8 Å². The first-order chi connectivity index (χ1) is 11.4. The fourth-order valence-electron chi connectivity index (χ4n) is 2.16. The summed E-state index contributed by atoms with van der Waals surface area (Å²) < 4.78 is 1.48. The van der Waals surface area contributed by atoms with Gasteiger partial charge in [-0.15, -0.1) is 0 Å². The smallest absolute Gasteiger partial charge is 0.264 e. The summed E-state index contributed by atoms with van der Waals surface area (Å²) in [5.41, 5.74) is 0.212. The van der Waals surface area contributed by atoms with Crippen LogP contribution in [0.5, 0.6) is 5.88 Å². The molecule has 0 saturated carbocycles. The first kappa shape index (κ1) is 18.4. The normalized spacial score (nSPS) is 11.5. The van der Waals surface area contributed by atoms with Crippen molar-refractivity contribution in [1.82, 2.24) is 9.55 Å². The lowest BCUT2D eigenvalue weighted by Gasteiger charge is -2.11. The van der Waals surface area contributed by atoms with Gasteiger partial charge in [0, 0.05) is 24.2 Å². The van der Waals surface area contributed by atoms with E-state index in [1.54, 1.807) is 24.3 Å². The predicted octanol–water partition coefficient (Wildman–Crippen LogP) is 1.21. The number of quaternary nitrogens is 1. The molecule has 0 saturated heterocycles. The minimum atomic E-state index is -0.468. The summed E-state index contributed by atoms with van der Waals surface area (Å²) in [6.07, 6.45) is 2.29. The molecule has 3 N–H and O–H groups in total. The zero-order valence-corrected chi connectivity index (χ0v) is 15.1. The van der Waals surface area contributed by atoms with Crippen LogP contribution in [0.2, 0.25) is 5.02 Å². The van der Waals surface area contributed by atoms with Gasteiger partial charge < -0.3 is 10.0 Å². The number of H-pyrrole nitrogens is 1. The molecule has 0 spiro atoms. The fourth-order valence-corrected chi connectivity index (χ4v) is 2.57. The molecule has 0 radical (unpaired) electrons. The van der Waals surface area contributed by atoms with Gasteiger partial charge in [-0.05, 0) is 36.5 Å². The van der Waals surface area contributed by atoms with Crippen LogP contribution in [0, 0.1) is 4.77 Å². The Morgan fingerprint density at radius 2 is 2.04 bits per heavy atom. The molecule has 6 nitrogen and oxygen atoms in total. The Labute approximate surface area is 150 Å². The van der Waals surface area contributed by atoms with Gasteiger partial charge in [-0.2, -0.15) is 0 Å². The highest BCUT2D eigenvalue weighted by Gasteiger charge is 2.12. The Balaban J connectivity index is 2.34. The summed E-state index contributed by atoms with van der Waals surface area (Å²) in [5.74, 6) is -0.243. The maximum Gasteiger partial charge on any atom is 0.264 e. The van der Waals surface area contributed by atoms with Gasteiger partial charge in [0.05, 0.1) is 26.3 Å². The predicted molar refractivity (Wildman–Crippen MR) is 98.7 cm³/mol. The molecular formula is C16H20ClN4O2S+. The van der Waals surface area contributed by atoms with Crippen molar-refractivity contribution in [2.45, 2.75) is 6.42 Å². The maximum atomic E-state index is 12.1. The first-order valence-electron chi connectivity index (χ1n) is 7.53. The van der Waals surface area contributed by atoms with E-state index < -0.39 is 5.56 Å². The van der Waals surface area contributed by atoms with Gasteiger partial charge in [-0.3, -0.25) is 19.3 Å². The van der Waals surface area contributed by atoms with Crippen LogP contribution in [0.1, 0.15) is 12.0 Å². The number of nitrogens with one attached hydrogen (secondary N) is 2. The van der Waals surface area contributed by atoms with E-state index in [1.807, 2.05) is 0 Å². The van der Waals surface area contributed by atoms with Gasteiger partial charge in [-0.25, -0.2) is 0 Å². The van der Waals surface area contributed by atoms with Gasteiger partial charge in [0.1, 0.15) is 5.56 Å². The van der Waals surface area contributed by atoms with Gasteiger partial charge in [0.2, 0.25) is 5.88 Å². The highest BCUT2D eigenvalue weighted by Crippen LogP contribution is 2.20. The molecule has 0 amide bonds. The highest BCUT2D eigenvalue weighted by molar-refractivity contribution is 7.71. The van der Waals surface area contributed by atoms with Crippen LogP contribution in [0.4, 0.5) is 0 Å². The second-order valence-corrected chi connectivity index (χ2v) is 6.48. The summed E-state index contributed by atoms with van der Waals surface area (Å²) in [5, 5.41) is 11.0. The van der Waals surface area contributed by atoms with Crippen molar-refractivity contribution in [3.05, 3.63) is 50.0 Å². The molecule has 1 aromatic carbocycles. The number of hydrogen-bond acceptors (Lipinski definition) is 4. The molecule has 128 valence electrons. The molecule has 0 aliphatic rings. The third-order valence-electron chi connectivity index (χ3n) is 3.39. The van der Waals surface area contributed by atoms with Gasteiger partial charge in [-0.1, -0.05) is 11.6 Å². The molecule has 0 unspecified atom stereocenters. The molecule has 0 aliphatic heterocycles. The number of benzene rings is 1. The van der Waals surface area contributed by atoms with Crippen LogP contribution < -0.4 is 10.5 Å². The standard InChI is InChI=1S/C16H19ClN4O2S/c1-20(2)9-3-8-18-10-13-14(22)19-16(24)21(15(13)23)12-6-4-11(17)5-7-12/h4-7,10,23H,3,8-9H2,1-2H3,(H,19,22,24)/p+1. The van der Waals surface area contributed by atoms with E-state index in [2.05, 4.69) is 24.1 Å². The number of nitrogens with zero attached hydrogens (tertiary/aromatic N) is 2. The number of aromatic hydroxyl groups is 1. The van der Waals surface area contributed by atoms with Crippen LogP contribution >= 0.6 is 23.8 Å². The SMILES string of the molecule is C[NH+](C)CCCN=Cc1c(O)n(-c2ccc(Cl)cc2)c(=S)[nH]c1=O. The molecule has 0 aliphatic carbocycles. The molecule has 2 rings (SSSR count). The topological polar surface area (TPSA) is 74.8 Å². The molecule has 8 heteroatoms. The molecule has 2 aromatic rings. The van der Waals surface area contributed by atoms with Crippen molar-refractivity contribution in [1.29, 1.82) is 0 Å². The number of aliphatic imine (C=N–C) groups is 1. The minimum Gasteiger partial charge on any atom is -0.494 e. The van der Waals surface area contributed by atoms with Crippen molar-refractivity contribution < 1.29 is 10.0 Å². The minimum absolute atomic E-state index is 0.0794. The van der Waals surface area contributed by atoms with Crippen LogP contribution in [0.3, 0.4) is 0 Å². The zero-order valence-electron chi connectivity index (χ0n) is 13.5. The summed E-state index contributed by atoms with van der Waals surface area (Å²) in [6, 6.07) is 6.77. The second-order valence-electron chi connectivity index (χ2n) is 5.65. The Morgan fingerprint density at radius 1 is 1.38 bits per heavy atom. The van der Waals surface area contributed by atoms with E-state index in [9.17, 15) is 9.90 Å². The van der Waals surface area contributed by atoms with Gasteiger partial charge in [0.25, 0.3) is 5.56 Å². The second kappa shape index (κ2) is 8.23. The summed E-state index contributed by atoms with van der Waals surface area (Å²) >= 11 is 11.0. The summed E-state index contributed by atoms with van der Waals surface area (Å²) in [4.78, 5) is 20.2. The number of aromatic nitrogens is 2. The lowest BCUT2D eigenvalue weighted by molar-refractivity contribution is -0.858. The summed E-state index contributed by atoms with van der Waals surface area (Å²) in [6.45, 7) is 1.57. The number of aromatic amines is 1.